The number of nitrogens with zero attached hydrogens (tertiary/aromatic N) is 2. The van der Waals surface area contributed by atoms with E-state index in [1.165, 1.54) is 10.4 Å². The maximum absolute atomic E-state index is 4.12. The second kappa shape index (κ2) is 6.64. The van der Waals surface area contributed by atoms with Crippen molar-refractivity contribution in [3.05, 3.63) is 52.5 Å². The molecule has 96 valence electrons. The zero-order valence-corrected chi connectivity index (χ0v) is 11.7. The van der Waals surface area contributed by atoms with E-state index in [9.17, 15) is 0 Å². The summed E-state index contributed by atoms with van der Waals surface area (Å²) in [6.45, 7) is 1.81. The van der Waals surface area contributed by atoms with Crippen molar-refractivity contribution in [3.63, 3.8) is 0 Å². The van der Waals surface area contributed by atoms with E-state index in [1.807, 2.05) is 23.6 Å². The fraction of sp³-hybridized carbons (Fsp3) is 0.357. The number of aromatic nitrogens is 1. The highest BCUT2D eigenvalue weighted by atomic mass is 32.1. The molecule has 2 heterocycles. The van der Waals surface area contributed by atoms with Gasteiger partial charge in [-0.25, -0.2) is 0 Å². The molecule has 0 aliphatic heterocycles. The van der Waals surface area contributed by atoms with E-state index in [0.29, 0.717) is 6.04 Å². The number of thiophene rings is 1. The van der Waals surface area contributed by atoms with Crippen LogP contribution in [0.5, 0.6) is 0 Å². The van der Waals surface area contributed by atoms with Crippen molar-refractivity contribution < 1.29 is 0 Å². The predicted molar refractivity (Wildman–Crippen MR) is 76.7 cm³/mol. The molecule has 4 heteroatoms. The zero-order chi connectivity index (χ0) is 12.8. The van der Waals surface area contributed by atoms with Crippen LogP contribution in [0.2, 0.25) is 0 Å². The van der Waals surface area contributed by atoms with E-state index in [1.54, 1.807) is 6.20 Å². The summed E-state index contributed by atoms with van der Waals surface area (Å²) in [5, 5.41) is 5.63. The molecule has 1 unspecified atom stereocenters. The molecule has 2 aromatic rings. The molecular formula is C14H19N3S. The zero-order valence-electron chi connectivity index (χ0n) is 10.8. The van der Waals surface area contributed by atoms with E-state index in [4.69, 9.17) is 0 Å². The lowest BCUT2D eigenvalue weighted by atomic mass is 10.2. The third-order valence-electron chi connectivity index (χ3n) is 2.88. The highest BCUT2D eigenvalue weighted by molar-refractivity contribution is 7.10. The summed E-state index contributed by atoms with van der Waals surface area (Å²) >= 11 is 1.81. The first-order valence-electron chi connectivity index (χ1n) is 6.07. The lowest BCUT2D eigenvalue weighted by Crippen LogP contribution is -2.30. The molecule has 0 bridgehead atoms. The standard InChI is InChI=1S/C14H19N3S/c1-17(2)13(14-6-4-8-18-14)11-16-10-12-5-3-7-15-9-12/h3-9,13,16H,10-11H2,1-2H3. The fourth-order valence-corrected chi connectivity index (χ4v) is 2.80. The molecule has 0 aliphatic carbocycles. The second-order valence-electron chi connectivity index (χ2n) is 4.49. The van der Waals surface area contributed by atoms with Crippen molar-refractivity contribution >= 4 is 11.3 Å². The van der Waals surface area contributed by atoms with Crippen LogP contribution < -0.4 is 5.32 Å². The first kappa shape index (κ1) is 13.2. The summed E-state index contributed by atoms with van der Waals surface area (Å²) in [4.78, 5) is 7.77. The topological polar surface area (TPSA) is 28.2 Å². The van der Waals surface area contributed by atoms with E-state index >= 15 is 0 Å². The predicted octanol–water partition coefficient (Wildman–Crippen LogP) is 2.54. The van der Waals surface area contributed by atoms with E-state index in [-0.39, 0.29) is 0 Å². The number of hydrogen-bond acceptors (Lipinski definition) is 4. The maximum atomic E-state index is 4.12. The van der Waals surface area contributed by atoms with Gasteiger partial charge in [0.2, 0.25) is 0 Å². The van der Waals surface area contributed by atoms with Crippen molar-refractivity contribution in [2.45, 2.75) is 12.6 Å². The van der Waals surface area contributed by atoms with Crippen LogP contribution in [0.3, 0.4) is 0 Å². The molecule has 2 rings (SSSR count). The average molecular weight is 261 g/mol. The van der Waals surface area contributed by atoms with Gasteiger partial charge in [0.1, 0.15) is 0 Å². The van der Waals surface area contributed by atoms with Crippen LogP contribution in [-0.4, -0.2) is 30.5 Å². The van der Waals surface area contributed by atoms with Crippen LogP contribution in [0.4, 0.5) is 0 Å². The smallest absolute Gasteiger partial charge is 0.0561 e. The van der Waals surface area contributed by atoms with Crippen LogP contribution in [0.15, 0.2) is 42.0 Å². The molecule has 0 fully saturated rings. The van der Waals surface area contributed by atoms with Crippen molar-refractivity contribution in [2.75, 3.05) is 20.6 Å². The molecule has 0 radical (unpaired) electrons. The first-order valence-corrected chi connectivity index (χ1v) is 6.95. The quantitative estimate of drug-likeness (QED) is 0.866. The molecule has 18 heavy (non-hydrogen) atoms. The Morgan fingerprint density at radius 1 is 1.33 bits per heavy atom. The van der Waals surface area contributed by atoms with Gasteiger partial charge >= 0.3 is 0 Å². The average Bonchev–Trinajstić information content (AvgIpc) is 2.89. The number of nitrogens with one attached hydrogen (secondary N) is 1. The molecule has 0 saturated carbocycles. The third-order valence-corrected chi connectivity index (χ3v) is 3.86. The molecule has 1 atom stereocenters. The molecular weight excluding hydrogens is 242 g/mol. The monoisotopic (exact) mass is 261 g/mol. The Morgan fingerprint density at radius 2 is 2.22 bits per heavy atom. The molecule has 3 nitrogen and oxygen atoms in total. The fourth-order valence-electron chi connectivity index (χ4n) is 1.87. The van der Waals surface area contributed by atoms with Crippen LogP contribution >= 0.6 is 11.3 Å². The summed E-state index contributed by atoms with van der Waals surface area (Å²) in [5.41, 5.74) is 1.22. The summed E-state index contributed by atoms with van der Waals surface area (Å²) in [6.07, 6.45) is 3.71. The van der Waals surface area contributed by atoms with Crippen LogP contribution in [0, 0.1) is 0 Å². The molecule has 0 spiro atoms. The van der Waals surface area contributed by atoms with Gasteiger partial charge in [-0.2, -0.15) is 0 Å². The Bertz CT molecular complexity index is 439. The van der Waals surface area contributed by atoms with Gasteiger partial charge in [-0.1, -0.05) is 12.1 Å². The summed E-state index contributed by atoms with van der Waals surface area (Å²) in [7, 11) is 4.24. The van der Waals surface area contributed by atoms with Crippen molar-refractivity contribution in [1.29, 1.82) is 0 Å². The number of hydrogen-bond donors (Lipinski definition) is 1. The summed E-state index contributed by atoms with van der Waals surface area (Å²) in [5.74, 6) is 0. The van der Waals surface area contributed by atoms with Gasteiger partial charge < -0.3 is 10.2 Å². The largest absolute Gasteiger partial charge is 0.311 e. The number of rotatable bonds is 6. The van der Waals surface area contributed by atoms with Gasteiger partial charge in [0.15, 0.2) is 0 Å². The van der Waals surface area contributed by atoms with Crippen molar-refractivity contribution in [3.8, 4) is 0 Å². The van der Waals surface area contributed by atoms with Gasteiger partial charge in [0, 0.05) is 30.4 Å². The van der Waals surface area contributed by atoms with E-state index in [0.717, 1.165) is 13.1 Å². The van der Waals surface area contributed by atoms with Gasteiger partial charge in [-0.3, -0.25) is 4.98 Å². The van der Waals surface area contributed by atoms with E-state index in [2.05, 4.69) is 52.9 Å². The minimum absolute atomic E-state index is 0.432. The van der Waals surface area contributed by atoms with Crippen molar-refractivity contribution in [1.82, 2.24) is 15.2 Å². The molecule has 2 aromatic heterocycles. The lowest BCUT2D eigenvalue weighted by molar-refractivity contribution is 0.292. The van der Waals surface area contributed by atoms with Gasteiger partial charge in [-0.05, 0) is 37.2 Å². The Hall–Kier alpha value is -1.23. The Morgan fingerprint density at radius 3 is 2.83 bits per heavy atom. The summed E-state index contributed by atoms with van der Waals surface area (Å²) < 4.78 is 0. The Balaban J connectivity index is 1.87. The molecule has 1 N–H and O–H groups in total. The molecule has 0 aliphatic rings. The third kappa shape index (κ3) is 3.63. The Labute approximate surface area is 112 Å². The van der Waals surface area contributed by atoms with Gasteiger partial charge in [0.25, 0.3) is 0 Å². The SMILES string of the molecule is CN(C)C(CNCc1cccnc1)c1cccs1. The highest BCUT2D eigenvalue weighted by Gasteiger charge is 2.14. The van der Waals surface area contributed by atoms with Gasteiger partial charge in [0.05, 0.1) is 6.04 Å². The molecule has 0 amide bonds. The molecule has 0 saturated heterocycles. The molecule has 0 aromatic carbocycles. The minimum Gasteiger partial charge on any atom is -0.311 e. The van der Waals surface area contributed by atoms with Gasteiger partial charge in [-0.15, -0.1) is 11.3 Å². The van der Waals surface area contributed by atoms with E-state index < -0.39 is 0 Å². The minimum atomic E-state index is 0.432. The normalized spacial score (nSPS) is 12.8. The maximum Gasteiger partial charge on any atom is 0.0561 e. The van der Waals surface area contributed by atoms with Crippen LogP contribution in [0.1, 0.15) is 16.5 Å². The lowest BCUT2D eigenvalue weighted by Gasteiger charge is -2.23. The van der Waals surface area contributed by atoms with Crippen LogP contribution in [0.25, 0.3) is 0 Å². The number of likely N-dealkylation sites (N-methyl/N-ethyl adjacent to an activating group) is 1. The second-order valence-corrected chi connectivity index (χ2v) is 5.47. The Kier molecular flexibility index (Phi) is 4.87. The first-order chi connectivity index (χ1) is 8.77. The number of pyridine rings is 1. The summed E-state index contributed by atoms with van der Waals surface area (Å²) in [6, 6.07) is 8.80. The van der Waals surface area contributed by atoms with Crippen LogP contribution in [-0.2, 0) is 6.54 Å². The highest BCUT2D eigenvalue weighted by Crippen LogP contribution is 2.22. The van der Waals surface area contributed by atoms with Crippen molar-refractivity contribution in [2.24, 2.45) is 0 Å².